The lowest BCUT2D eigenvalue weighted by Gasteiger charge is -2.11. The van der Waals surface area contributed by atoms with Crippen molar-refractivity contribution < 1.29 is 14.7 Å². The Balaban J connectivity index is 2.54. The molecule has 0 aliphatic carbocycles. The van der Waals surface area contributed by atoms with E-state index in [0.717, 1.165) is 0 Å². The van der Waals surface area contributed by atoms with Gasteiger partial charge in [-0.05, 0) is 20.3 Å². The highest BCUT2D eigenvalue weighted by Crippen LogP contribution is 2.06. The first-order valence-corrected chi connectivity index (χ1v) is 5.43. The Morgan fingerprint density at radius 2 is 2.24 bits per heavy atom. The van der Waals surface area contributed by atoms with E-state index < -0.39 is 5.97 Å². The molecule has 0 bridgehead atoms. The maximum absolute atomic E-state index is 11.8. The summed E-state index contributed by atoms with van der Waals surface area (Å²) in [7, 11) is 1.75. The molecule has 1 rings (SSSR count). The van der Waals surface area contributed by atoms with E-state index in [0.29, 0.717) is 17.7 Å². The van der Waals surface area contributed by atoms with Gasteiger partial charge in [-0.2, -0.15) is 5.10 Å². The van der Waals surface area contributed by atoms with Crippen molar-refractivity contribution in [3.05, 3.63) is 17.5 Å². The number of carboxylic acids is 1. The highest BCUT2D eigenvalue weighted by molar-refractivity contribution is 5.95. The van der Waals surface area contributed by atoms with Gasteiger partial charge >= 0.3 is 5.97 Å². The molecule has 6 nitrogen and oxygen atoms in total. The fourth-order valence-electron chi connectivity index (χ4n) is 1.54. The number of nitrogens with zero attached hydrogens (tertiary/aromatic N) is 2. The number of amides is 1. The first kappa shape index (κ1) is 13.2. The van der Waals surface area contributed by atoms with E-state index in [1.807, 2.05) is 0 Å². The van der Waals surface area contributed by atoms with E-state index in [2.05, 4.69) is 10.4 Å². The van der Waals surface area contributed by atoms with E-state index in [1.165, 1.54) is 0 Å². The molecule has 1 amide bonds. The Morgan fingerprint density at radius 3 is 2.71 bits per heavy atom. The molecule has 0 aromatic carbocycles. The van der Waals surface area contributed by atoms with Crippen molar-refractivity contribution in [1.82, 2.24) is 15.1 Å². The van der Waals surface area contributed by atoms with Gasteiger partial charge in [0.1, 0.15) is 0 Å². The summed E-state index contributed by atoms with van der Waals surface area (Å²) in [6.07, 6.45) is 2.11. The lowest BCUT2D eigenvalue weighted by molar-refractivity contribution is -0.137. The smallest absolute Gasteiger partial charge is 0.303 e. The Bertz CT molecular complexity index is 426. The molecule has 94 valence electrons. The zero-order valence-corrected chi connectivity index (χ0v) is 10.2. The van der Waals surface area contributed by atoms with E-state index in [-0.39, 0.29) is 18.4 Å². The van der Waals surface area contributed by atoms with E-state index >= 15 is 0 Å². The number of nitrogens with one attached hydrogen (secondary N) is 1. The van der Waals surface area contributed by atoms with Crippen molar-refractivity contribution >= 4 is 11.9 Å². The van der Waals surface area contributed by atoms with Crippen molar-refractivity contribution in [2.75, 3.05) is 0 Å². The standard InChI is InChI=1S/C11H17N3O3/c1-7(4-5-10(15)16)12-11(17)9-6-14(3)13-8(9)2/h6-7H,4-5H2,1-3H3,(H,12,17)(H,15,16). The maximum atomic E-state index is 11.8. The van der Waals surface area contributed by atoms with Crippen molar-refractivity contribution in [3.8, 4) is 0 Å². The van der Waals surface area contributed by atoms with Crippen LogP contribution in [0.3, 0.4) is 0 Å². The van der Waals surface area contributed by atoms with Crippen LogP contribution in [0.2, 0.25) is 0 Å². The molecule has 6 heteroatoms. The van der Waals surface area contributed by atoms with Gasteiger partial charge in [0.15, 0.2) is 0 Å². The molecule has 1 aromatic heterocycles. The molecule has 17 heavy (non-hydrogen) atoms. The van der Waals surface area contributed by atoms with Gasteiger partial charge in [0.05, 0.1) is 11.3 Å². The number of aliphatic carboxylic acids is 1. The molecule has 0 spiro atoms. The summed E-state index contributed by atoms with van der Waals surface area (Å²) < 4.78 is 1.58. The molecule has 1 aromatic rings. The minimum absolute atomic E-state index is 0.0491. The van der Waals surface area contributed by atoms with Crippen LogP contribution in [0.1, 0.15) is 35.8 Å². The molecule has 0 fully saturated rings. The lowest BCUT2D eigenvalue weighted by atomic mass is 10.1. The third kappa shape index (κ3) is 3.90. The number of hydrogen-bond donors (Lipinski definition) is 2. The molecule has 1 unspecified atom stereocenters. The van der Waals surface area contributed by atoms with Crippen molar-refractivity contribution in [2.45, 2.75) is 32.7 Å². The number of aromatic nitrogens is 2. The molecule has 0 saturated carbocycles. The third-order valence-electron chi connectivity index (χ3n) is 2.43. The Labute approximate surface area is 99.6 Å². The quantitative estimate of drug-likeness (QED) is 0.792. The fourth-order valence-corrected chi connectivity index (χ4v) is 1.54. The number of hydrogen-bond acceptors (Lipinski definition) is 3. The van der Waals surface area contributed by atoms with Gasteiger partial charge in [-0.3, -0.25) is 14.3 Å². The number of rotatable bonds is 5. The Hall–Kier alpha value is -1.85. The topological polar surface area (TPSA) is 84.2 Å². The fraction of sp³-hybridized carbons (Fsp3) is 0.545. The van der Waals surface area contributed by atoms with Gasteiger partial charge in [-0.15, -0.1) is 0 Å². The van der Waals surface area contributed by atoms with Crippen molar-refractivity contribution in [2.24, 2.45) is 7.05 Å². The number of carboxylic acid groups (broad SMARTS) is 1. The van der Waals surface area contributed by atoms with Crippen LogP contribution in [0.4, 0.5) is 0 Å². The van der Waals surface area contributed by atoms with Crippen molar-refractivity contribution in [1.29, 1.82) is 0 Å². The summed E-state index contributed by atoms with van der Waals surface area (Å²) >= 11 is 0. The van der Waals surface area contributed by atoms with Crippen LogP contribution in [-0.2, 0) is 11.8 Å². The minimum Gasteiger partial charge on any atom is -0.481 e. The summed E-state index contributed by atoms with van der Waals surface area (Å²) in [4.78, 5) is 22.2. The maximum Gasteiger partial charge on any atom is 0.303 e. The van der Waals surface area contributed by atoms with Gasteiger partial charge in [-0.1, -0.05) is 0 Å². The zero-order chi connectivity index (χ0) is 13.0. The number of carbonyl (C=O) groups is 2. The zero-order valence-electron chi connectivity index (χ0n) is 10.2. The highest BCUT2D eigenvalue weighted by Gasteiger charge is 2.15. The number of carbonyl (C=O) groups excluding carboxylic acids is 1. The lowest BCUT2D eigenvalue weighted by Crippen LogP contribution is -2.33. The van der Waals surface area contributed by atoms with Crippen LogP contribution < -0.4 is 5.32 Å². The largest absolute Gasteiger partial charge is 0.481 e. The number of aryl methyl sites for hydroxylation is 2. The van der Waals surface area contributed by atoms with Gasteiger partial charge in [0.25, 0.3) is 5.91 Å². The normalized spacial score (nSPS) is 12.2. The summed E-state index contributed by atoms with van der Waals surface area (Å²) in [5, 5.41) is 15.4. The molecule has 0 saturated heterocycles. The van der Waals surface area contributed by atoms with Crippen LogP contribution in [-0.4, -0.2) is 32.8 Å². The molecule has 1 heterocycles. The third-order valence-corrected chi connectivity index (χ3v) is 2.43. The van der Waals surface area contributed by atoms with Gasteiger partial charge in [0, 0.05) is 25.7 Å². The first-order chi connectivity index (χ1) is 7.90. The molecule has 0 aliphatic heterocycles. The average molecular weight is 239 g/mol. The Kier molecular flexibility index (Phi) is 4.25. The Morgan fingerprint density at radius 1 is 1.59 bits per heavy atom. The molecular weight excluding hydrogens is 222 g/mol. The highest BCUT2D eigenvalue weighted by atomic mass is 16.4. The van der Waals surface area contributed by atoms with E-state index in [4.69, 9.17) is 5.11 Å². The first-order valence-electron chi connectivity index (χ1n) is 5.43. The molecular formula is C11H17N3O3. The second kappa shape index (κ2) is 5.47. The summed E-state index contributed by atoms with van der Waals surface area (Å²) in [5.41, 5.74) is 1.19. The second-order valence-corrected chi connectivity index (χ2v) is 4.11. The monoisotopic (exact) mass is 239 g/mol. The predicted molar refractivity (Wildman–Crippen MR) is 61.7 cm³/mol. The van der Waals surface area contributed by atoms with Crippen LogP contribution in [0.15, 0.2) is 6.20 Å². The summed E-state index contributed by atoms with van der Waals surface area (Å²) in [5.74, 6) is -1.07. The molecule has 1 atom stereocenters. The van der Waals surface area contributed by atoms with Gasteiger partial charge < -0.3 is 10.4 Å². The summed E-state index contributed by atoms with van der Waals surface area (Å²) in [6, 6.07) is -0.168. The summed E-state index contributed by atoms with van der Waals surface area (Å²) in [6.45, 7) is 3.55. The minimum atomic E-state index is -0.858. The van der Waals surface area contributed by atoms with E-state index in [1.54, 1.807) is 31.8 Å². The van der Waals surface area contributed by atoms with Crippen LogP contribution in [0.25, 0.3) is 0 Å². The molecule has 0 radical (unpaired) electrons. The molecule has 0 aliphatic rings. The van der Waals surface area contributed by atoms with Crippen LogP contribution in [0, 0.1) is 6.92 Å². The van der Waals surface area contributed by atoms with Gasteiger partial charge in [0.2, 0.25) is 0 Å². The second-order valence-electron chi connectivity index (χ2n) is 4.11. The van der Waals surface area contributed by atoms with E-state index in [9.17, 15) is 9.59 Å². The van der Waals surface area contributed by atoms with Crippen LogP contribution in [0.5, 0.6) is 0 Å². The predicted octanol–water partition coefficient (Wildman–Crippen LogP) is 0.712. The van der Waals surface area contributed by atoms with Crippen molar-refractivity contribution in [3.63, 3.8) is 0 Å². The van der Waals surface area contributed by atoms with Gasteiger partial charge in [-0.25, -0.2) is 0 Å². The van der Waals surface area contributed by atoms with Crippen LogP contribution >= 0.6 is 0 Å². The SMILES string of the molecule is Cc1nn(C)cc1C(=O)NC(C)CCC(=O)O. The average Bonchev–Trinajstić information content (AvgIpc) is 2.55. The molecule has 2 N–H and O–H groups in total.